The molecule has 7 heteroatoms. The molecule has 2 rings (SSSR count). The van der Waals surface area contributed by atoms with Crippen molar-refractivity contribution in [3.8, 4) is 5.75 Å². The normalized spacial score (nSPS) is 15.9. The predicted octanol–water partition coefficient (Wildman–Crippen LogP) is 5.09. The van der Waals surface area contributed by atoms with Gasteiger partial charge in [0, 0.05) is 18.5 Å². The molecule has 2 amide bonds. The summed E-state index contributed by atoms with van der Waals surface area (Å²) in [5, 5.41) is 5.61. The summed E-state index contributed by atoms with van der Waals surface area (Å²) in [7, 11) is 1.31. The second kappa shape index (κ2) is 14.6. The van der Waals surface area contributed by atoms with E-state index in [1.54, 1.807) is 0 Å². The Kier molecular flexibility index (Phi) is 11.9. The molecule has 0 aromatic heterocycles. The molecule has 2 atom stereocenters. The zero-order valence-corrected chi connectivity index (χ0v) is 21.2. The van der Waals surface area contributed by atoms with E-state index >= 15 is 0 Å². The lowest BCUT2D eigenvalue weighted by Gasteiger charge is -2.21. The molecule has 1 aromatic rings. The number of esters is 1. The number of ether oxygens (including phenoxy) is 2. The summed E-state index contributed by atoms with van der Waals surface area (Å²) in [4.78, 5) is 36.7. The lowest BCUT2D eigenvalue weighted by molar-refractivity contribution is -0.145. The zero-order chi connectivity index (χ0) is 24.9. The van der Waals surface area contributed by atoms with Crippen LogP contribution in [0.25, 0.3) is 0 Å². The van der Waals surface area contributed by atoms with Gasteiger partial charge in [-0.25, -0.2) is 4.79 Å². The van der Waals surface area contributed by atoms with Crippen LogP contribution < -0.4 is 15.4 Å². The van der Waals surface area contributed by atoms with Crippen molar-refractivity contribution in [2.24, 2.45) is 17.8 Å². The molecule has 0 aliphatic heterocycles. The molecule has 2 unspecified atom stereocenters. The highest BCUT2D eigenvalue weighted by atomic mass is 16.5. The van der Waals surface area contributed by atoms with Gasteiger partial charge in [0.25, 0.3) is 0 Å². The van der Waals surface area contributed by atoms with Crippen LogP contribution in [0.5, 0.6) is 5.75 Å². The van der Waals surface area contributed by atoms with Gasteiger partial charge in [-0.05, 0) is 54.9 Å². The first-order valence-corrected chi connectivity index (χ1v) is 12.7. The lowest BCUT2D eigenvalue weighted by atomic mass is 9.87. The summed E-state index contributed by atoms with van der Waals surface area (Å²) in [6.45, 7) is 6.53. The fourth-order valence-electron chi connectivity index (χ4n) is 4.45. The van der Waals surface area contributed by atoms with Crippen LogP contribution in [0.2, 0.25) is 0 Å². The van der Waals surface area contributed by atoms with Gasteiger partial charge in [-0.1, -0.05) is 52.9 Å². The first-order valence-electron chi connectivity index (χ1n) is 12.7. The van der Waals surface area contributed by atoms with Gasteiger partial charge in [0.1, 0.15) is 11.8 Å². The summed E-state index contributed by atoms with van der Waals surface area (Å²) in [5.41, 5.74) is 0.698. The van der Waals surface area contributed by atoms with E-state index in [-0.39, 0.29) is 36.5 Å². The second-order valence-corrected chi connectivity index (χ2v) is 10.00. The average Bonchev–Trinajstić information content (AvgIpc) is 2.79. The van der Waals surface area contributed by atoms with Crippen molar-refractivity contribution in [3.63, 3.8) is 0 Å². The molecule has 0 bridgehead atoms. The zero-order valence-electron chi connectivity index (χ0n) is 21.2. The maximum absolute atomic E-state index is 12.4. The molecule has 0 radical (unpaired) electrons. The Hall–Kier alpha value is -2.57. The minimum atomic E-state index is -0.665. The van der Waals surface area contributed by atoms with Crippen molar-refractivity contribution >= 4 is 23.5 Å². The fourth-order valence-corrected chi connectivity index (χ4v) is 4.45. The third-order valence-electron chi connectivity index (χ3n) is 6.25. The second-order valence-electron chi connectivity index (χ2n) is 10.00. The molecule has 0 spiro atoms. The summed E-state index contributed by atoms with van der Waals surface area (Å²) in [6, 6.07) is 6.74. The van der Waals surface area contributed by atoms with E-state index in [0.29, 0.717) is 12.1 Å². The number of nitrogens with one attached hydrogen (secondary N) is 2. The van der Waals surface area contributed by atoms with Crippen molar-refractivity contribution in [1.82, 2.24) is 5.32 Å². The molecule has 0 heterocycles. The predicted molar refractivity (Wildman–Crippen MR) is 134 cm³/mol. The molecule has 1 fully saturated rings. The number of hydrogen-bond acceptors (Lipinski definition) is 5. The van der Waals surface area contributed by atoms with Gasteiger partial charge in [-0.15, -0.1) is 0 Å². The molecule has 1 aliphatic rings. The number of anilines is 1. The Balaban J connectivity index is 1.71. The topological polar surface area (TPSA) is 93.7 Å². The summed E-state index contributed by atoms with van der Waals surface area (Å²) in [6.07, 6.45) is 8.66. The van der Waals surface area contributed by atoms with Gasteiger partial charge < -0.3 is 20.1 Å². The van der Waals surface area contributed by atoms with E-state index in [1.807, 2.05) is 45.0 Å². The molecule has 2 N–H and O–H groups in total. The highest BCUT2D eigenvalue weighted by Gasteiger charge is 2.23. The molecule has 1 aliphatic carbocycles. The van der Waals surface area contributed by atoms with Crippen molar-refractivity contribution in [2.75, 3.05) is 19.0 Å². The number of rotatable bonds is 13. The fraction of sp³-hybridized carbons (Fsp3) is 0.667. The van der Waals surface area contributed by atoms with E-state index < -0.39 is 12.0 Å². The molecule has 0 saturated heterocycles. The number of carbonyl (C=O) groups excluding carboxylic acids is 3. The molecule has 7 nitrogen and oxygen atoms in total. The Labute approximate surface area is 204 Å². The molecular weight excluding hydrogens is 432 g/mol. The maximum atomic E-state index is 12.4. The van der Waals surface area contributed by atoms with Crippen LogP contribution in [0.3, 0.4) is 0 Å². The highest BCUT2D eigenvalue weighted by Crippen LogP contribution is 2.26. The third kappa shape index (κ3) is 10.6. The van der Waals surface area contributed by atoms with Crippen LogP contribution in [0, 0.1) is 17.8 Å². The maximum Gasteiger partial charge on any atom is 0.328 e. The first-order chi connectivity index (χ1) is 16.3. The minimum absolute atomic E-state index is 0.155. The Morgan fingerprint density at radius 3 is 2.24 bits per heavy atom. The van der Waals surface area contributed by atoms with Gasteiger partial charge in [-0.3, -0.25) is 9.59 Å². The summed E-state index contributed by atoms with van der Waals surface area (Å²) < 4.78 is 10.6. The van der Waals surface area contributed by atoms with E-state index in [2.05, 4.69) is 10.6 Å². The Morgan fingerprint density at radius 1 is 0.971 bits per heavy atom. The van der Waals surface area contributed by atoms with Gasteiger partial charge >= 0.3 is 5.97 Å². The van der Waals surface area contributed by atoms with Crippen LogP contribution in [-0.2, 0) is 19.1 Å². The van der Waals surface area contributed by atoms with Gasteiger partial charge in [-0.2, -0.15) is 0 Å². The van der Waals surface area contributed by atoms with Crippen molar-refractivity contribution in [3.05, 3.63) is 24.3 Å². The van der Waals surface area contributed by atoms with E-state index in [0.717, 1.165) is 24.7 Å². The quantitative estimate of drug-likeness (QED) is 0.388. The Bertz CT molecular complexity index is 772. The molecule has 34 heavy (non-hydrogen) atoms. The largest absolute Gasteiger partial charge is 0.494 e. The third-order valence-corrected chi connectivity index (χ3v) is 6.25. The Morgan fingerprint density at radius 2 is 1.62 bits per heavy atom. The van der Waals surface area contributed by atoms with Crippen LogP contribution in [0.1, 0.15) is 78.6 Å². The van der Waals surface area contributed by atoms with Crippen molar-refractivity contribution in [1.29, 1.82) is 0 Å². The van der Waals surface area contributed by atoms with Crippen LogP contribution >= 0.6 is 0 Å². The summed E-state index contributed by atoms with van der Waals surface area (Å²) >= 11 is 0. The van der Waals surface area contributed by atoms with Gasteiger partial charge in [0.05, 0.1) is 13.7 Å². The van der Waals surface area contributed by atoms with Gasteiger partial charge in [0.15, 0.2) is 0 Å². The number of amides is 2. The standard InChI is InChI=1S/C27H42N2O5/c1-19(2)16-24(27(32)33-4)29-26(31)18-20(3)17-25(30)28-22-10-12-23(13-11-22)34-15-14-21-8-6-5-7-9-21/h10-13,19-21,24H,5-9,14-18H2,1-4H3,(H,28,30)(H,29,31). The van der Waals surface area contributed by atoms with Crippen molar-refractivity contribution < 1.29 is 23.9 Å². The smallest absolute Gasteiger partial charge is 0.328 e. The number of benzene rings is 1. The molecule has 1 saturated carbocycles. The first kappa shape index (κ1) is 27.7. The van der Waals surface area contributed by atoms with Gasteiger partial charge in [0.2, 0.25) is 11.8 Å². The number of hydrogen-bond donors (Lipinski definition) is 2. The van der Waals surface area contributed by atoms with Crippen LogP contribution in [0.15, 0.2) is 24.3 Å². The monoisotopic (exact) mass is 474 g/mol. The highest BCUT2D eigenvalue weighted by molar-refractivity contribution is 5.91. The van der Waals surface area contributed by atoms with Crippen molar-refractivity contribution in [2.45, 2.75) is 84.6 Å². The lowest BCUT2D eigenvalue weighted by Crippen LogP contribution is -2.42. The van der Waals surface area contributed by atoms with E-state index in [4.69, 9.17) is 9.47 Å². The molecule has 190 valence electrons. The molecular formula is C27H42N2O5. The van der Waals surface area contributed by atoms with Crippen LogP contribution in [-0.4, -0.2) is 37.5 Å². The SMILES string of the molecule is COC(=O)C(CC(C)C)NC(=O)CC(C)CC(=O)Nc1ccc(OCCC2CCCCC2)cc1. The number of carbonyl (C=O) groups is 3. The number of methoxy groups -OCH3 is 1. The minimum Gasteiger partial charge on any atom is -0.494 e. The molecule has 1 aromatic carbocycles. The summed E-state index contributed by atoms with van der Waals surface area (Å²) in [5.74, 6) is 0.803. The van der Waals surface area contributed by atoms with E-state index in [9.17, 15) is 14.4 Å². The van der Waals surface area contributed by atoms with Crippen LogP contribution in [0.4, 0.5) is 5.69 Å². The van der Waals surface area contributed by atoms with E-state index in [1.165, 1.54) is 39.2 Å². The average molecular weight is 475 g/mol.